The molecule has 0 saturated heterocycles. The largest absolute Gasteiger partial charge is 0.493 e. The second kappa shape index (κ2) is 8.28. The molecule has 0 fully saturated rings. The Morgan fingerprint density at radius 1 is 0.929 bits per heavy atom. The van der Waals surface area contributed by atoms with Gasteiger partial charge in [-0.05, 0) is 30.3 Å². The fraction of sp³-hybridized carbons (Fsp3) is 0.235. The minimum absolute atomic E-state index is 0.0339. The van der Waals surface area contributed by atoms with Gasteiger partial charge in [0.15, 0.2) is 18.2 Å². The number of amides is 2. The Kier molecular flexibility index (Phi) is 6.26. The van der Waals surface area contributed by atoms with Crippen molar-refractivity contribution in [2.45, 2.75) is 12.4 Å². The van der Waals surface area contributed by atoms with E-state index in [2.05, 4.69) is 5.32 Å². The number of benzene rings is 2. The lowest BCUT2D eigenvalue weighted by Crippen LogP contribution is -2.32. The third-order valence-electron chi connectivity index (χ3n) is 3.38. The van der Waals surface area contributed by atoms with E-state index in [1.165, 1.54) is 7.11 Å². The number of methoxy groups -OCH3 is 1. The van der Waals surface area contributed by atoms with Crippen LogP contribution in [0.4, 0.5) is 36.8 Å². The van der Waals surface area contributed by atoms with Gasteiger partial charge < -0.3 is 20.1 Å². The van der Waals surface area contributed by atoms with E-state index in [9.17, 15) is 31.1 Å². The Bertz CT molecular complexity index is 804. The highest BCUT2D eigenvalue weighted by atomic mass is 19.4. The van der Waals surface area contributed by atoms with E-state index in [4.69, 9.17) is 9.47 Å². The molecule has 5 nitrogen and oxygen atoms in total. The standard InChI is InChI=1S/C17H14F6N2O3/c1-27-13-4-2-3-5-14(13)28-9-24-15(26)25-12-7-10(16(18,19)20)6-11(8-12)17(21,22)23/h2-8H,9H2,1H3,(H2,24,25,26). The van der Waals surface area contributed by atoms with Gasteiger partial charge in [0, 0.05) is 5.69 Å². The minimum atomic E-state index is -5.01. The summed E-state index contributed by atoms with van der Waals surface area (Å²) in [6, 6.07) is 6.16. The van der Waals surface area contributed by atoms with Gasteiger partial charge in [0.05, 0.1) is 18.2 Å². The number of ether oxygens (including phenoxy) is 2. The second-order valence-electron chi connectivity index (χ2n) is 5.36. The summed E-state index contributed by atoms with van der Waals surface area (Å²) < 4.78 is 87.1. The highest BCUT2D eigenvalue weighted by Gasteiger charge is 2.37. The molecule has 2 N–H and O–H groups in total. The smallest absolute Gasteiger partial charge is 0.416 e. The number of carbonyl (C=O) groups excluding carboxylic acids is 1. The maximum atomic E-state index is 12.8. The van der Waals surface area contributed by atoms with Gasteiger partial charge in [-0.3, -0.25) is 0 Å². The molecule has 0 unspecified atom stereocenters. The van der Waals surface area contributed by atoms with Gasteiger partial charge in [-0.2, -0.15) is 26.3 Å². The number of rotatable bonds is 5. The molecule has 0 aromatic heterocycles. The summed E-state index contributed by atoms with van der Waals surface area (Å²) in [5, 5.41) is 4.08. The van der Waals surface area contributed by atoms with Crippen LogP contribution in [0.1, 0.15) is 11.1 Å². The highest BCUT2D eigenvalue weighted by Crippen LogP contribution is 2.37. The minimum Gasteiger partial charge on any atom is -0.493 e. The maximum Gasteiger partial charge on any atom is 0.416 e. The molecule has 2 rings (SSSR count). The molecule has 152 valence electrons. The van der Waals surface area contributed by atoms with Crippen molar-refractivity contribution >= 4 is 11.7 Å². The van der Waals surface area contributed by atoms with Gasteiger partial charge in [0.25, 0.3) is 0 Å². The quantitative estimate of drug-likeness (QED) is 0.547. The first-order chi connectivity index (χ1) is 13.0. The predicted octanol–water partition coefficient (Wildman–Crippen LogP) is 4.89. The number of hydrogen-bond donors (Lipinski definition) is 2. The number of para-hydroxylation sites is 2. The van der Waals surface area contributed by atoms with Crippen LogP contribution in [0.5, 0.6) is 11.5 Å². The van der Waals surface area contributed by atoms with Gasteiger partial charge in [0.2, 0.25) is 0 Å². The molecule has 0 atom stereocenters. The van der Waals surface area contributed by atoms with E-state index in [1.807, 2.05) is 5.32 Å². The molecule has 11 heteroatoms. The summed E-state index contributed by atoms with van der Waals surface area (Å²) in [6.45, 7) is -0.405. The number of alkyl halides is 6. The SMILES string of the molecule is COc1ccccc1OCNC(=O)Nc1cc(C(F)(F)F)cc(C(F)(F)F)c1. The Hall–Kier alpha value is -3.11. The van der Waals surface area contributed by atoms with Crippen molar-refractivity contribution in [2.75, 3.05) is 19.2 Å². The van der Waals surface area contributed by atoms with Crippen LogP contribution < -0.4 is 20.1 Å². The average Bonchev–Trinajstić information content (AvgIpc) is 2.60. The summed E-state index contributed by atoms with van der Waals surface area (Å²) in [5.41, 5.74) is -3.75. The van der Waals surface area contributed by atoms with Crippen molar-refractivity contribution in [1.29, 1.82) is 0 Å². The summed E-state index contributed by atoms with van der Waals surface area (Å²) >= 11 is 0. The molecule has 0 bridgehead atoms. The van der Waals surface area contributed by atoms with Crippen molar-refractivity contribution in [3.63, 3.8) is 0 Å². The Labute approximate surface area is 155 Å². The van der Waals surface area contributed by atoms with Gasteiger partial charge in [-0.25, -0.2) is 4.79 Å². The molecule has 0 aliphatic heterocycles. The number of anilines is 1. The summed E-state index contributed by atoms with van der Waals surface area (Å²) in [7, 11) is 1.40. The summed E-state index contributed by atoms with van der Waals surface area (Å²) in [6.07, 6.45) is -10.0. The number of carbonyl (C=O) groups is 1. The van der Waals surface area contributed by atoms with E-state index >= 15 is 0 Å². The van der Waals surface area contributed by atoms with Crippen molar-refractivity contribution in [2.24, 2.45) is 0 Å². The van der Waals surface area contributed by atoms with Crippen molar-refractivity contribution in [3.05, 3.63) is 53.6 Å². The van der Waals surface area contributed by atoms with Crippen LogP contribution in [0, 0.1) is 0 Å². The van der Waals surface area contributed by atoms with Crippen LogP contribution in [-0.2, 0) is 12.4 Å². The second-order valence-corrected chi connectivity index (χ2v) is 5.36. The molecule has 0 spiro atoms. The number of halogens is 6. The summed E-state index contributed by atoms with van der Waals surface area (Å²) in [4.78, 5) is 11.8. The van der Waals surface area contributed by atoms with Crippen LogP contribution in [0.3, 0.4) is 0 Å². The fourth-order valence-electron chi connectivity index (χ4n) is 2.12. The van der Waals surface area contributed by atoms with E-state index < -0.39 is 41.9 Å². The molecule has 0 saturated carbocycles. The first-order valence-corrected chi connectivity index (χ1v) is 7.61. The lowest BCUT2D eigenvalue weighted by molar-refractivity contribution is -0.143. The fourth-order valence-corrected chi connectivity index (χ4v) is 2.12. The molecule has 0 aliphatic carbocycles. The lowest BCUT2D eigenvalue weighted by atomic mass is 10.1. The van der Waals surface area contributed by atoms with Crippen molar-refractivity contribution < 1.29 is 40.6 Å². The molecule has 0 radical (unpaired) electrons. The third kappa shape index (κ3) is 5.69. The van der Waals surface area contributed by atoms with E-state index in [1.54, 1.807) is 24.3 Å². The van der Waals surface area contributed by atoms with E-state index in [0.29, 0.717) is 17.9 Å². The van der Waals surface area contributed by atoms with Crippen LogP contribution in [0.2, 0.25) is 0 Å². The molecule has 0 aliphatic rings. The zero-order valence-electron chi connectivity index (χ0n) is 14.2. The molecule has 0 heterocycles. The van der Waals surface area contributed by atoms with Gasteiger partial charge in [-0.15, -0.1) is 0 Å². The number of hydrogen-bond acceptors (Lipinski definition) is 3. The third-order valence-corrected chi connectivity index (χ3v) is 3.38. The predicted molar refractivity (Wildman–Crippen MR) is 87.1 cm³/mol. The molecule has 28 heavy (non-hydrogen) atoms. The number of urea groups is 1. The Morgan fingerprint density at radius 3 is 1.96 bits per heavy atom. The average molecular weight is 408 g/mol. The number of nitrogens with one attached hydrogen (secondary N) is 2. The van der Waals surface area contributed by atoms with Crippen molar-refractivity contribution in [3.8, 4) is 11.5 Å². The maximum absolute atomic E-state index is 12.8. The van der Waals surface area contributed by atoms with Gasteiger partial charge in [0.1, 0.15) is 0 Å². The zero-order valence-corrected chi connectivity index (χ0v) is 14.2. The molecular weight excluding hydrogens is 394 g/mol. The van der Waals surface area contributed by atoms with Crippen LogP contribution in [0.15, 0.2) is 42.5 Å². The van der Waals surface area contributed by atoms with E-state index in [-0.39, 0.29) is 11.8 Å². The first kappa shape index (κ1) is 21.2. The first-order valence-electron chi connectivity index (χ1n) is 7.61. The van der Waals surface area contributed by atoms with E-state index in [0.717, 1.165) is 0 Å². The monoisotopic (exact) mass is 408 g/mol. The lowest BCUT2D eigenvalue weighted by Gasteiger charge is -2.15. The summed E-state index contributed by atoms with van der Waals surface area (Å²) in [5.74, 6) is 0.654. The van der Waals surface area contributed by atoms with Crippen LogP contribution >= 0.6 is 0 Å². The Balaban J connectivity index is 2.06. The molecule has 2 aromatic rings. The molecule has 2 amide bonds. The topological polar surface area (TPSA) is 59.6 Å². The van der Waals surface area contributed by atoms with Crippen LogP contribution in [-0.4, -0.2) is 19.9 Å². The van der Waals surface area contributed by atoms with Crippen molar-refractivity contribution in [1.82, 2.24) is 5.32 Å². The molecule has 2 aromatic carbocycles. The zero-order chi connectivity index (χ0) is 20.9. The Morgan fingerprint density at radius 2 is 1.46 bits per heavy atom. The van der Waals surface area contributed by atoms with Gasteiger partial charge >= 0.3 is 18.4 Å². The van der Waals surface area contributed by atoms with Gasteiger partial charge in [-0.1, -0.05) is 12.1 Å². The van der Waals surface area contributed by atoms with Crippen LogP contribution in [0.25, 0.3) is 0 Å². The normalized spacial score (nSPS) is 11.7. The molecular formula is C17H14F6N2O3. The highest BCUT2D eigenvalue weighted by molar-refractivity contribution is 5.89.